The lowest BCUT2D eigenvalue weighted by Gasteiger charge is -2.02. The third-order valence-electron chi connectivity index (χ3n) is 2.21. The molecule has 0 aliphatic heterocycles. The average Bonchev–Trinajstić information content (AvgIpc) is 2.64. The van der Waals surface area contributed by atoms with E-state index in [0.717, 1.165) is 16.7 Å². The molecule has 1 aromatic heterocycles. The van der Waals surface area contributed by atoms with Crippen LogP contribution in [0.25, 0.3) is 0 Å². The fourth-order valence-corrected chi connectivity index (χ4v) is 2.03. The van der Waals surface area contributed by atoms with E-state index < -0.39 is 0 Å². The van der Waals surface area contributed by atoms with E-state index in [2.05, 4.69) is 29.3 Å². The summed E-state index contributed by atoms with van der Waals surface area (Å²) in [5.74, 6) is 7.65. The number of nitrogen functional groups attached to an aromatic ring is 1. The van der Waals surface area contributed by atoms with Crippen LogP contribution in [-0.2, 0) is 6.42 Å². The van der Waals surface area contributed by atoms with Gasteiger partial charge in [-0.15, -0.1) is 10.2 Å². The van der Waals surface area contributed by atoms with Gasteiger partial charge in [-0.1, -0.05) is 49.0 Å². The SMILES string of the molecule is CCSc1nnc(Cc2ccccc2)n1N. The molecular formula is C11H14N4S. The molecule has 4 nitrogen and oxygen atoms in total. The zero-order valence-electron chi connectivity index (χ0n) is 9.13. The van der Waals surface area contributed by atoms with E-state index in [1.165, 1.54) is 5.56 Å². The monoisotopic (exact) mass is 234 g/mol. The quantitative estimate of drug-likeness (QED) is 0.646. The first kappa shape index (κ1) is 11.0. The Balaban J connectivity index is 2.16. The Morgan fingerprint density at radius 1 is 1.25 bits per heavy atom. The molecule has 0 aliphatic rings. The fourth-order valence-electron chi connectivity index (χ4n) is 1.43. The first-order valence-electron chi connectivity index (χ1n) is 5.17. The minimum absolute atomic E-state index is 0.717. The van der Waals surface area contributed by atoms with Crippen LogP contribution in [0.4, 0.5) is 0 Å². The van der Waals surface area contributed by atoms with Crippen LogP contribution in [0.2, 0.25) is 0 Å². The second-order valence-corrected chi connectivity index (χ2v) is 4.60. The number of benzene rings is 1. The Bertz CT molecular complexity index is 452. The van der Waals surface area contributed by atoms with Crippen LogP contribution in [0, 0.1) is 0 Å². The van der Waals surface area contributed by atoms with Gasteiger partial charge in [-0.2, -0.15) is 0 Å². The van der Waals surface area contributed by atoms with Crippen molar-refractivity contribution < 1.29 is 0 Å². The van der Waals surface area contributed by atoms with Crippen LogP contribution < -0.4 is 5.84 Å². The first-order valence-corrected chi connectivity index (χ1v) is 6.16. The molecule has 2 rings (SSSR count). The number of aromatic nitrogens is 3. The maximum Gasteiger partial charge on any atom is 0.209 e. The molecule has 0 radical (unpaired) electrons. The van der Waals surface area contributed by atoms with Gasteiger partial charge in [0.05, 0.1) is 0 Å². The molecular weight excluding hydrogens is 220 g/mol. The van der Waals surface area contributed by atoms with E-state index in [9.17, 15) is 0 Å². The van der Waals surface area contributed by atoms with E-state index in [4.69, 9.17) is 5.84 Å². The highest BCUT2D eigenvalue weighted by atomic mass is 32.2. The molecule has 0 aliphatic carbocycles. The lowest BCUT2D eigenvalue weighted by molar-refractivity contribution is 0.806. The normalized spacial score (nSPS) is 10.6. The molecule has 0 saturated carbocycles. The van der Waals surface area contributed by atoms with Crippen molar-refractivity contribution >= 4 is 11.8 Å². The summed E-state index contributed by atoms with van der Waals surface area (Å²) in [4.78, 5) is 0. The van der Waals surface area contributed by atoms with Gasteiger partial charge in [0.15, 0.2) is 5.82 Å². The van der Waals surface area contributed by atoms with E-state index in [-0.39, 0.29) is 0 Å². The topological polar surface area (TPSA) is 56.7 Å². The van der Waals surface area contributed by atoms with Gasteiger partial charge < -0.3 is 5.84 Å². The average molecular weight is 234 g/mol. The Hall–Kier alpha value is -1.49. The highest BCUT2D eigenvalue weighted by molar-refractivity contribution is 7.99. The highest BCUT2D eigenvalue weighted by Crippen LogP contribution is 2.15. The van der Waals surface area contributed by atoms with Crippen LogP contribution in [0.1, 0.15) is 18.3 Å². The zero-order chi connectivity index (χ0) is 11.4. The van der Waals surface area contributed by atoms with E-state index in [1.807, 2.05) is 18.2 Å². The molecule has 0 fully saturated rings. The van der Waals surface area contributed by atoms with Crippen molar-refractivity contribution in [2.45, 2.75) is 18.5 Å². The maximum atomic E-state index is 5.91. The van der Waals surface area contributed by atoms with Gasteiger partial charge in [0.1, 0.15) is 0 Å². The molecule has 0 saturated heterocycles. The molecule has 0 unspecified atom stereocenters. The van der Waals surface area contributed by atoms with Gasteiger partial charge in [-0.25, -0.2) is 4.68 Å². The van der Waals surface area contributed by atoms with E-state index in [0.29, 0.717) is 6.42 Å². The lowest BCUT2D eigenvalue weighted by Crippen LogP contribution is -2.14. The number of nitrogens with two attached hydrogens (primary N) is 1. The van der Waals surface area contributed by atoms with E-state index in [1.54, 1.807) is 16.4 Å². The molecule has 5 heteroatoms. The Labute approximate surface area is 98.8 Å². The summed E-state index contributed by atoms with van der Waals surface area (Å²) in [6.07, 6.45) is 0.717. The minimum Gasteiger partial charge on any atom is -0.336 e. The summed E-state index contributed by atoms with van der Waals surface area (Å²) in [6.45, 7) is 2.07. The third kappa shape index (κ3) is 2.36. The molecule has 0 amide bonds. The second kappa shape index (κ2) is 5.03. The number of nitrogens with zero attached hydrogens (tertiary/aromatic N) is 3. The summed E-state index contributed by atoms with van der Waals surface area (Å²) < 4.78 is 1.57. The van der Waals surface area contributed by atoms with Gasteiger partial charge in [0.25, 0.3) is 0 Å². The van der Waals surface area contributed by atoms with Crippen molar-refractivity contribution in [3.05, 3.63) is 41.7 Å². The van der Waals surface area contributed by atoms with Crippen LogP contribution >= 0.6 is 11.8 Å². The zero-order valence-corrected chi connectivity index (χ0v) is 9.94. The van der Waals surface area contributed by atoms with Gasteiger partial charge in [-0.3, -0.25) is 0 Å². The molecule has 1 aromatic carbocycles. The molecule has 84 valence electrons. The number of hydrogen-bond acceptors (Lipinski definition) is 4. The molecule has 2 N–H and O–H groups in total. The first-order chi connectivity index (χ1) is 7.81. The van der Waals surface area contributed by atoms with E-state index >= 15 is 0 Å². The van der Waals surface area contributed by atoms with Crippen molar-refractivity contribution in [2.24, 2.45) is 0 Å². The van der Waals surface area contributed by atoms with Crippen LogP contribution in [-0.4, -0.2) is 20.6 Å². The van der Waals surface area contributed by atoms with Crippen LogP contribution in [0.3, 0.4) is 0 Å². The predicted octanol–water partition coefficient (Wildman–Crippen LogP) is 1.69. The summed E-state index contributed by atoms with van der Waals surface area (Å²) in [5.41, 5.74) is 1.19. The van der Waals surface area contributed by atoms with Crippen LogP contribution in [0.5, 0.6) is 0 Å². The second-order valence-electron chi connectivity index (χ2n) is 3.36. The summed E-state index contributed by atoms with van der Waals surface area (Å²) >= 11 is 1.60. The molecule has 0 spiro atoms. The summed E-state index contributed by atoms with van der Waals surface area (Å²) in [7, 11) is 0. The summed E-state index contributed by atoms with van der Waals surface area (Å²) in [6, 6.07) is 10.1. The summed E-state index contributed by atoms with van der Waals surface area (Å²) in [5, 5.41) is 8.92. The van der Waals surface area contributed by atoms with Gasteiger partial charge in [0.2, 0.25) is 5.16 Å². The fraction of sp³-hybridized carbons (Fsp3) is 0.273. The van der Waals surface area contributed by atoms with Crippen LogP contribution in [0.15, 0.2) is 35.5 Å². The van der Waals surface area contributed by atoms with Crippen molar-refractivity contribution in [2.75, 3.05) is 11.6 Å². The Morgan fingerprint density at radius 3 is 2.69 bits per heavy atom. The van der Waals surface area contributed by atoms with Crippen molar-refractivity contribution in [1.82, 2.24) is 14.9 Å². The van der Waals surface area contributed by atoms with Gasteiger partial charge in [-0.05, 0) is 11.3 Å². The predicted molar refractivity (Wildman–Crippen MR) is 65.8 cm³/mol. The molecule has 1 heterocycles. The number of thioether (sulfide) groups is 1. The van der Waals surface area contributed by atoms with Crippen molar-refractivity contribution in [1.29, 1.82) is 0 Å². The van der Waals surface area contributed by atoms with Gasteiger partial charge >= 0.3 is 0 Å². The standard InChI is InChI=1S/C11H14N4S/c1-2-16-11-14-13-10(15(11)12)8-9-6-4-3-5-7-9/h3-7H,2,8,12H2,1H3. The minimum atomic E-state index is 0.717. The van der Waals surface area contributed by atoms with Gasteiger partial charge in [0, 0.05) is 6.42 Å². The largest absolute Gasteiger partial charge is 0.336 e. The smallest absolute Gasteiger partial charge is 0.209 e. The Kier molecular flexibility index (Phi) is 3.46. The number of hydrogen-bond donors (Lipinski definition) is 1. The maximum absolute atomic E-state index is 5.91. The van der Waals surface area contributed by atoms with Crippen molar-refractivity contribution in [3.63, 3.8) is 0 Å². The molecule has 0 atom stereocenters. The lowest BCUT2D eigenvalue weighted by atomic mass is 10.1. The number of rotatable bonds is 4. The highest BCUT2D eigenvalue weighted by Gasteiger charge is 2.09. The molecule has 0 bridgehead atoms. The molecule has 16 heavy (non-hydrogen) atoms. The Morgan fingerprint density at radius 2 is 2.00 bits per heavy atom. The third-order valence-corrected chi connectivity index (χ3v) is 3.04. The van der Waals surface area contributed by atoms with Crippen molar-refractivity contribution in [3.8, 4) is 0 Å². The molecule has 2 aromatic rings.